The number of hydrogen-bond donors (Lipinski definition) is 4. The highest BCUT2D eigenvalue weighted by atomic mass is 16.4. The van der Waals surface area contributed by atoms with Gasteiger partial charge in [0.25, 0.3) is 0 Å². The third kappa shape index (κ3) is 3.25. The van der Waals surface area contributed by atoms with Crippen LogP contribution in [0.2, 0.25) is 0 Å². The molecule has 0 rings (SSSR count). The Morgan fingerprint density at radius 1 is 0.929 bits per heavy atom. The SMILES string of the molecule is CC(C)C(O)C(O)C(O)C(C)C(=O)O. The largest absolute Gasteiger partial charge is 0.481 e. The summed E-state index contributed by atoms with van der Waals surface area (Å²) in [7, 11) is 0. The molecule has 0 aliphatic rings. The second-order valence-electron chi connectivity index (χ2n) is 3.84. The Morgan fingerprint density at radius 3 is 1.64 bits per heavy atom. The second kappa shape index (κ2) is 5.29. The molecule has 0 fully saturated rings. The van der Waals surface area contributed by atoms with Gasteiger partial charge in [0.2, 0.25) is 0 Å². The van der Waals surface area contributed by atoms with Gasteiger partial charge in [0.15, 0.2) is 0 Å². The molecule has 5 heteroatoms. The van der Waals surface area contributed by atoms with Crippen molar-refractivity contribution in [1.82, 2.24) is 0 Å². The van der Waals surface area contributed by atoms with E-state index in [0.29, 0.717) is 0 Å². The Bertz CT molecular complexity index is 192. The average molecular weight is 206 g/mol. The van der Waals surface area contributed by atoms with E-state index in [1.54, 1.807) is 13.8 Å². The van der Waals surface area contributed by atoms with Crippen LogP contribution in [0.5, 0.6) is 0 Å². The predicted molar refractivity (Wildman–Crippen MR) is 49.7 cm³/mol. The standard InChI is InChI=1S/C9H18O5/c1-4(2)6(10)8(12)7(11)5(3)9(13)14/h4-8,10-12H,1-3H3,(H,13,14). The Labute approximate surface area is 83.0 Å². The summed E-state index contributed by atoms with van der Waals surface area (Å²) < 4.78 is 0. The van der Waals surface area contributed by atoms with E-state index in [4.69, 9.17) is 5.11 Å². The van der Waals surface area contributed by atoms with Crippen LogP contribution in [0.4, 0.5) is 0 Å². The van der Waals surface area contributed by atoms with Gasteiger partial charge in [-0.2, -0.15) is 0 Å². The molecule has 0 radical (unpaired) electrons. The van der Waals surface area contributed by atoms with Gasteiger partial charge in [-0.05, 0) is 12.8 Å². The maximum atomic E-state index is 10.5. The van der Waals surface area contributed by atoms with Crippen LogP contribution in [0, 0.1) is 11.8 Å². The van der Waals surface area contributed by atoms with E-state index in [1.807, 2.05) is 0 Å². The number of carboxylic acids is 1. The summed E-state index contributed by atoms with van der Waals surface area (Å²) in [6, 6.07) is 0. The van der Waals surface area contributed by atoms with Crippen LogP contribution in [-0.4, -0.2) is 44.7 Å². The number of aliphatic hydroxyl groups excluding tert-OH is 3. The van der Waals surface area contributed by atoms with Crippen LogP contribution in [0.3, 0.4) is 0 Å². The van der Waals surface area contributed by atoms with Gasteiger partial charge in [-0.3, -0.25) is 4.79 Å². The van der Waals surface area contributed by atoms with E-state index in [-0.39, 0.29) is 5.92 Å². The molecule has 0 amide bonds. The molecule has 0 saturated heterocycles. The first-order valence-corrected chi connectivity index (χ1v) is 4.56. The van der Waals surface area contributed by atoms with Gasteiger partial charge in [0, 0.05) is 0 Å². The molecule has 0 saturated carbocycles. The lowest BCUT2D eigenvalue weighted by Crippen LogP contribution is -2.45. The van der Waals surface area contributed by atoms with Crippen LogP contribution in [-0.2, 0) is 4.79 Å². The van der Waals surface area contributed by atoms with Crippen molar-refractivity contribution < 1.29 is 25.2 Å². The molecule has 5 nitrogen and oxygen atoms in total. The molecule has 0 spiro atoms. The van der Waals surface area contributed by atoms with Gasteiger partial charge >= 0.3 is 5.97 Å². The minimum Gasteiger partial charge on any atom is -0.481 e. The van der Waals surface area contributed by atoms with Crippen molar-refractivity contribution in [3.8, 4) is 0 Å². The molecule has 0 aliphatic carbocycles. The Balaban J connectivity index is 4.37. The van der Waals surface area contributed by atoms with Crippen LogP contribution >= 0.6 is 0 Å². The van der Waals surface area contributed by atoms with Crippen LogP contribution in [0.25, 0.3) is 0 Å². The Morgan fingerprint density at radius 2 is 1.36 bits per heavy atom. The maximum Gasteiger partial charge on any atom is 0.308 e. The summed E-state index contributed by atoms with van der Waals surface area (Å²) in [5.41, 5.74) is 0. The van der Waals surface area contributed by atoms with E-state index >= 15 is 0 Å². The first kappa shape index (κ1) is 13.4. The lowest BCUT2D eigenvalue weighted by atomic mass is 9.91. The lowest BCUT2D eigenvalue weighted by Gasteiger charge is -2.27. The van der Waals surface area contributed by atoms with E-state index in [1.165, 1.54) is 6.92 Å². The molecule has 0 heterocycles. The summed E-state index contributed by atoms with van der Waals surface area (Å²) in [5.74, 6) is -2.54. The fraction of sp³-hybridized carbons (Fsp3) is 0.889. The van der Waals surface area contributed by atoms with Crippen molar-refractivity contribution in [2.75, 3.05) is 0 Å². The third-order valence-corrected chi connectivity index (χ3v) is 2.28. The van der Waals surface area contributed by atoms with E-state index < -0.39 is 30.2 Å². The zero-order valence-electron chi connectivity index (χ0n) is 8.58. The molecule has 4 atom stereocenters. The zero-order chi connectivity index (χ0) is 11.5. The van der Waals surface area contributed by atoms with Crippen molar-refractivity contribution >= 4 is 5.97 Å². The molecule has 0 aromatic carbocycles. The van der Waals surface area contributed by atoms with Crippen LogP contribution < -0.4 is 0 Å². The zero-order valence-corrected chi connectivity index (χ0v) is 8.58. The number of hydrogen-bond acceptors (Lipinski definition) is 4. The topological polar surface area (TPSA) is 98.0 Å². The summed E-state index contributed by atoms with van der Waals surface area (Å²) in [5, 5.41) is 36.8. The Hall–Kier alpha value is -0.650. The molecular weight excluding hydrogens is 188 g/mol. The van der Waals surface area contributed by atoms with Crippen molar-refractivity contribution in [3.63, 3.8) is 0 Å². The van der Waals surface area contributed by atoms with Crippen LogP contribution in [0.15, 0.2) is 0 Å². The molecule has 4 unspecified atom stereocenters. The summed E-state index contributed by atoms with van der Waals surface area (Å²) in [6.45, 7) is 4.63. The monoisotopic (exact) mass is 206 g/mol. The van der Waals surface area contributed by atoms with Gasteiger partial charge in [0.1, 0.15) is 6.10 Å². The minimum atomic E-state index is -1.45. The van der Waals surface area contributed by atoms with E-state index in [9.17, 15) is 20.1 Å². The van der Waals surface area contributed by atoms with Crippen molar-refractivity contribution in [2.24, 2.45) is 11.8 Å². The van der Waals surface area contributed by atoms with Crippen molar-refractivity contribution in [2.45, 2.75) is 39.1 Å². The fourth-order valence-corrected chi connectivity index (χ4v) is 1.04. The van der Waals surface area contributed by atoms with Gasteiger partial charge in [-0.1, -0.05) is 13.8 Å². The van der Waals surface area contributed by atoms with Gasteiger partial charge in [-0.25, -0.2) is 0 Å². The molecule has 84 valence electrons. The molecule has 0 aromatic rings. The molecule has 0 bridgehead atoms. The third-order valence-electron chi connectivity index (χ3n) is 2.28. The van der Waals surface area contributed by atoms with Gasteiger partial charge in [-0.15, -0.1) is 0 Å². The number of rotatable bonds is 5. The highest BCUT2D eigenvalue weighted by molar-refractivity contribution is 5.70. The molecule has 14 heavy (non-hydrogen) atoms. The van der Waals surface area contributed by atoms with Gasteiger partial charge < -0.3 is 20.4 Å². The normalized spacial score (nSPS) is 20.2. The highest BCUT2D eigenvalue weighted by Gasteiger charge is 2.33. The smallest absolute Gasteiger partial charge is 0.308 e. The maximum absolute atomic E-state index is 10.5. The number of carboxylic acid groups (broad SMARTS) is 1. The fourth-order valence-electron chi connectivity index (χ4n) is 1.04. The quantitative estimate of drug-likeness (QED) is 0.483. The first-order chi connectivity index (χ1) is 6.29. The minimum absolute atomic E-state index is 0.236. The number of aliphatic carboxylic acids is 1. The number of aliphatic hydroxyl groups is 3. The highest BCUT2D eigenvalue weighted by Crippen LogP contribution is 2.15. The van der Waals surface area contributed by atoms with E-state index in [2.05, 4.69) is 0 Å². The molecule has 0 aromatic heterocycles. The second-order valence-corrected chi connectivity index (χ2v) is 3.84. The number of carbonyl (C=O) groups is 1. The summed E-state index contributed by atoms with van der Waals surface area (Å²) in [4.78, 5) is 10.5. The molecule has 0 aliphatic heterocycles. The first-order valence-electron chi connectivity index (χ1n) is 4.56. The van der Waals surface area contributed by atoms with Crippen LogP contribution in [0.1, 0.15) is 20.8 Å². The average Bonchev–Trinajstić information content (AvgIpc) is 2.12. The van der Waals surface area contributed by atoms with Gasteiger partial charge in [0.05, 0.1) is 18.1 Å². The lowest BCUT2D eigenvalue weighted by molar-refractivity contribution is -0.152. The van der Waals surface area contributed by atoms with Crippen molar-refractivity contribution in [3.05, 3.63) is 0 Å². The van der Waals surface area contributed by atoms with E-state index in [0.717, 1.165) is 0 Å². The molecule has 4 N–H and O–H groups in total. The summed E-state index contributed by atoms with van der Waals surface area (Å²) in [6.07, 6.45) is -4.00. The van der Waals surface area contributed by atoms with Crippen molar-refractivity contribution in [1.29, 1.82) is 0 Å². The molecular formula is C9H18O5. The predicted octanol–water partition coefficient (Wildman–Crippen LogP) is -0.554. The Kier molecular flexibility index (Phi) is 5.04. The summed E-state index contributed by atoms with van der Waals surface area (Å²) >= 11 is 0.